The van der Waals surface area contributed by atoms with Gasteiger partial charge in [0.2, 0.25) is 10.0 Å². The van der Waals surface area contributed by atoms with Crippen LogP contribution in [0.15, 0.2) is 23.1 Å². The molecule has 0 saturated carbocycles. The highest BCUT2D eigenvalue weighted by molar-refractivity contribution is 7.89. The second-order valence-corrected chi connectivity index (χ2v) is 8.17. The Labute approximate surface area is 137 Å². The van der Waals surface area contributed by atoms with Crippen molar-refractivity contribution in [3.63, 3.8) is 0 Å². The van der Waals surface area contributed by atoms with E-state index in [1.807, 2.05) is 0 Å². The van der Waals surface area contributed by atoms with Gasteiger partial charge in [0.25, 0.3) is 0 Å². The summed E-state index contributed by atoms with van der Waals surface area (Å²) in [5.41, 5.74) is -1.14. The summed E-state index contributed by atoms with van der Waals surface area (Å²) in [6, 6.07) is 3.03. The van der Waals surface area contributed by atoms with Gasteiger partial charge in [-0.15, -0.1) is 0 Å². The number of rotatable bonds is 3. The van der Waals surface area contributed by atoms with Crippen LogP contribution in [0.1, 0.15) is 6.42 Å². The van der Waals surface area contributed by atoms with Crippen molar-refractivity contribution in [2.45, 2.75) is 11.3 Å². The number of benzene rings is 1. The molecule has 0 aromatic heterocycles. The lowest BCUT2D eigenvalue weighted by Gasteiger charge is -2.34. The van der Waals surface area contributed by atoms with Gasteiger partial charge in [-0.3, -0.25) is 4.79 Å². The number of halogens is 2. The van der Waals surface area contributed by atoms with Crippen LogP contribution in [0.5, 0.6) is 0 Å². The average molecular weight is 364 g/mol. The number of carbonyl (C=O) groups is 1. The predicted octanol–water partition coefficient (Wildman–Crippen LogP) is 1.59. The van der Waals surface area contributed by atoms with Crippen LogP contribution in [0.2, 0.25) is 5.02 Å². The van der Waals surface area contributed by atoms with Gasteiger partial charge < -0.3 is 9.84 Å². The summed E-state index contributed by atoms with van der Waals surface area (Å²) in [6.45, 7) is 0.401. The summed E-state index contributed by atoms with van der Waals surface area (Å²) in [5, 5.41) is 9.37. The van der Waals surface area contributed by atoms with E-state index in [0.717, 1.165) is 22.5 Å². The minimum absolute atomic E-state index is 0.0440. The number of sulfonamides is 1. The Hall–Kier alpha value is -1.22. The zero-order valence-electron chi connectivity index (χ0n) is 12.0. The van der Waals surface area contributed by atoms with Crippen LogP contribution in [-0.2, 0) is 19.6 Å². The second kappa shape index (κ2) is 5.70. The third-order valence-corrected chi connectivity index (χ3v) is 6.91. The summed E-state index contributed by atoms with van der Waals surface area (Å²) in [6.07, 6.45) is 0.260. The minimum atomic E-state index is -4.00. The van der Waals surface area contributed by atoms with Gasteiger partial charge in [0.1, 0.15) is 10.7 Å². The van der Waals surface area contributed by atoms with Crippen molar-refractivity contribution in [2.24, 2.45) is 11.3 Å². The van der Waals surface area contributed by atoms with Crippen molar-refractivity contribution in [1.82, 2.24) is 4.31 Å². The average Bonchev–Trinajstić information content (AvgIpc) is 2.88. The first kappa shape index (κ1) is 16.6. The monoisotopic (exact) mass is 363 g/mol. The molecule has 0 spiro atoms. The normalized spacial score (nSPS) is 28.5. The van der Waals surface area contributed by atoms with Gasteiger partial charge in [0.05, 0.1) is 17.0 Å². The summed E-state index contributed by atoms with van der Waals surface area (Å²) < 4.78 is 45.1. The van der Waals surface area contributed by atoms with Gasteiger partial charge in [-0.05, 0) is 24.6 Å². The first-order valence-corrected chi connectivity index (χ1v) is 8.85. The molecule has 1 aromatic carbocycles. The lowest BCUT2D eigenvalue weighted by atomic mass is 9.74. The van der Waals surface area contributed by atoms with Crippen LogP contribution in [0, 0.1) is 17.2 Å². The van der Waals surface area contributed by atoms with Crippen molar-refractivity contribution in [1.29, 1.82) is 0 Å². The van der Waals surface area contributed by atoms with Crippen molar-refractivity contribution < 1.29 is 27.4 Å². The summed E-state index contributed by atoms with van der Waals surface area (Å²) in [5.74, 6) is -2.07. The first-order chi connectivity index (χ1) is 10.8. The molecule has 2 heterocycles. The molecular formula is C14H15ClFNO5S. The maximum absolute atomic E-state index is 13.1. The third-order valence-electron chi connectivity index (χ3n) is 4.61. The lowest BCUT2D eigenvalue weighted by Crippen LogP contribution is -2.45. The molecule has 2 saturated heterocycles. The highest BCUT2D eigenvalue weighted by Gasteiger charge is 2.56. The molecule has 2 aliphatic heterocycles. The fourth-order valence-corrected chi connectivity index (χ4v) is 5.32. The minimum Gasteiger partial charge on any atom is -0.481 e. The van der Waals surface area contributed by atoms with E-state index in [2.05, 4.69) is 0 Å². The van der Waals surface area contributed by atoms with Crippen LogP contribution in [0.25, 0.3) is 0 Å². The third kappa shape index (κ3) is 2.63. The Bertz CT molecular complexity index is 756. The molecule has 0 radical (unpaired) electrons. The van der Waals surface area contributed by atoms with Crippen LogP contribution < -0.4 is 0 Å². The Morgan fingerprint density at radius 3 is 2.83 bits per heavy atom. The topological polar surface area (TPSA) is 83.9 Å². The summed E-state index contributed by atoms with van der Waals surface area (Å²) in [4.78, 5) is 11.5. The highest BCUT2D eigenvalue weighted by atomic mass is 35.5. The number of hydrogen-bond acceptors (Lipinski definition) is 4. The number of nitrogens with zero attached hydrogens (tertiary/aromatic N) is 1. The number of carboxylic acid groups (broad SMARTS) is 1. The van der Waals surface area contributed by atoms with Gasteiger partial charge >= 0.3 is 5.97 Å². The Kier molecular flexibility index (Phi) is 4.12. The largest absolute Gasteiger partial charge is 0.481 e. The Balaban J connectivity index is 1.97. The van der Waals surface area contributed by atoms with E-state index in [-0.39, 0.29) is 42.6 Å². The maximum atomic E-state index is 13.1. The van der Waals surface area contributed by atoms with E-state index in [0.29, 0.717) is 0 Å². The molecule has 0 bridgehead atoms. The molecule has 9 heteroatoms. The molecule has 2 aliphatic rings. The summed E-state index contributed by atoms with van der Waals surface area (Å²) >= 11 is 5.86. The van der Waals surface area contributed by atoms with Crippen molar-refractivity contribution in [3.8, 4) is 0 Å². The van der Waals surface area contributed by atoms with Crippen LogP contribution in [-0.4, -0.2) is 50.1 Å². The van der Waals surface area contributed by atoms with Crippen molar-refractivity contribution in [2.75, 3.05) is 26.3 Å². The van der Waals surface area contributed by atoms with Crippen molar-refractivity contribution >= 4 is 27.6 Å². The number of carboxylic acids is 1. The number of aliphatic carboxylic acids is 1. The molecule has 2 atom stereocenters. The fraction of sp³-hybridized carbons (Fsp3) is 0.500. The molecule has 1 N–H and O–H groups in total. The van der Waals surface area contributed by atoms with Gasteiger partial charge in [-0.25, -0.2) is 12.8 Å². The molecule has 0 aliphatic carbocycles. The molecule has 6 nitrogen and oxygen atoms in total. The number of fused-ring (bicyclic) bond motifs is 1. The van der Waals surface area contributed by atoms with E-state index < -0.39 is 33.1 Å². The van der Waals surface area contributed by atoms with Gasteiger partial charge in [0, 0.05) is 25.6 Å². The van der Waals surface area contributed by atoms with E-state index in [1.54, 1.807) is 0 Å². The summed E-state index contributed by atoms with van der Waals surface area (Å²) in [7, 11) is -4.00. The fourth-order valence-electron chi connectivity index (χ4n) is 3.26. The molecule has 1 aromatic rings. The Morgan fingerprint density at radius 1 is 1.48 bits per heavy atom. The molecule has 3 rings (SSSR count). The number of ether oxygens (including phenoxy) is 1. The second-order valence-electron chi connectivity index (χ2n) is 5.86. The zero-order valence-corrected chi connectivity index (χ0v) is 13.6. The van der Waals surface area contributed by atoms with Gasteiger partial charge in [-0.1, -0.05) is 11.6 Å². The molecule has 23 heavy (non-hydrogen) atoms. The lowest BCUT2D eigenvalue weighted by molar-refractivity contribution is -0.157. The first-order valence-electron chi connectivity index (χ1n) is 7.04. The van der Waals surface area contributed by atoms with Gasteiger partial charge in [-0.2, -0.15) is 4.31 Å². The van der Waals surface area contributed by atoms with Crippen LogP contribution >= 0.6 is 11.6 Å². The van der Waals surface area contributed by atoms with Crippen molar-refractivity contribution in [3.05, 3.63) is 29.0 Å². The van der Waals surface area contributed by atoms with E-state index in [4.69, 9.17) is 16.3 Å². The predicted molar refractivity (Wildman–Crippen MR) is 79.2 cm³/mol. The molecule has 0 amide bonds. The van der Waals surface area contributed by atoms with Crippen LogP contribution in [0.3, 0.4) is 0 Å². The highest BCUT2D eigenvalue weighted by Crippen LogP contribution is 2.44. The SMILES string of the molecule is O=C(O)[C@]12CCOC[C@H]1CN(S(=O)(=O)c1ccc(F)cc1Cl)C2. The zero-order chi connectivity index (χ0) is 16.8. The molecule has 0 unspecified atom stereocenters. The molecule has 2 fully saturated rings. The quantitative estimate of drug-likeness (QED) is 0.881. The van der Waals surface area contributed by atoms with Crippen LogP contribution in [0.4, 0.5) is 4.39 Å². The van der Waals surface area contributed by atoms with E-state index in [9.17, 15) is 22.7 Å². The standard InChI is InChI=1S/C14H15ClFNO5S/c15-11-5-10(16)1-2-12(11)23(20,21)17-6-9-7-22-4-3-14(9,8-17)13(18)19/h1-2,5,9H,3-4,6-8H2,(H,18,19)/t9-,14+/m1/s1. The van der Waals surface area contributed by atoms with E-state index >= 15 is 0 Å². The smallest absolute Gasteiger partial charge is 0.311 e. The maximum Gasteiger partial charge on any atom is 0.311 e. The van der Waals surface area contributed by atoms with Gasteiger partial charge in [0.15, 0.2) is 0 Å². The number of hydrogen-bond donors (Lipinski definition) is 1. The molecule has 126 valence electrons. The van der Waals surface area contributed by atoms with E-state index in [1.165, 1.54) is 0 Å². The Morgan fingerprint density at radius 2 is 2.22 bits per heavy atom. The molecular weight excluding hydrogens is 349 g/mol.